The molecule has 2 heterocycles. The van der Waals surface area contributed by atoms with E-state index in [4.69, 9.17) is 31.2 Å². The summed E-state index contributed by atoms with van der Waals surface area (Å²) in [6, 6.07) is 10.8. The number of thioether (sulfide) groups is 1. The van der Waals surface area contributed by atoms with E-state index in [0.717, 1.165) is 16.4 Å². The lowest BCUT2D eigenvalue weighted by atomic mass is 10.1. The first-order valence-corrected chi connectivity index (χ1v) is 11.8. The van der Waals surface area contributed by atoms with E-state index in [1.165, 1.54) is 16.8 Å². The van der Waals surface area contributed by atoms with E-state index < -0.39 is 5.91 Å². The van der Waals surface area contributed by atoms with Crippen LogP contribution >= 0.6 is 23.4 Å². The molecule has 2 aliphatic rings. The van der Waals surface area contributed by atoms with Crippen LogP contribution in [-0.4, -0.2) is 47.3 Å². The van der Waals surface area contributed by atoms with Gasteiger partial charge in [0.15, 0.2) is 17.3 Å². The van der Waals surface area contributed by atoms with Gasteiger partial charge in [0, 0.05) is 5.02 Å². The van der Waals surface area contributed by atoms with Crippen LogP contribution in [0.3, 0.4) is 0 Å². The summed E-state index contributed by atoms with van der Waals surface area (Å²) in [7, 11) is 1.54. The Hall–Kier alpha value is -3.30. The van der Waals surface area contributed by atoms with Crippen LogP contribution in [0.1, 0.15) is 24.5 Å². The molecule has 2 aromatic carbocycles. The molecule has 0 fully saturated rings. The van der Waals surface area contributed by atoms with Crippen LogP contribution in [0.5, 0.6) is 17.2 Å². The smallest absolute Gasteiger partial charge is 0.283 e. The van der Waals surface area contributed by atoms with Crippen LogP contribution in [0.2, 0.25) is 5.02 Å². The highest BCUT2D eigenvalue weighted by Gasteiger charge is 2.35. The van der Waals surface area contributed by atoms with Gasteiger partial charge in [-0.3, -0.25) is 10.2 Å². The number of ether oxygens (including phenoxy) is 3. The number of carbonyl (C=O) groups is 1. The third-order valence-corrected chi connectivity index (χ3v) is 6.51. The highest BCUT2D eigenvalue weighted by atomic mass is 35.5. The van der Waals surface area contributed by atoms with Gasteiger partial charge < -0.3 is 14.2 Å². The molecule has 2 aromatic rings. The molecule has 8 nitrogen and oxygen atoms in total. The molecule has 0 bridgehead atoms. The highest BCUT2D eigenvalue weighted by Crippen LogP contribution is 2.32. The lowest BCUT2D eigenvalue weighted by molar-refractivity contribution is -0.114. The maximum Gasteiger partial charge on any atom is 0.283 e. The van der Waals surface area contributed by atoms with E-state index in [-0.39, 0.29) is 11.4 Å². The SMILES string of the molecule is CCC1=NN2C(=N)/C(=C\c3ccc(OCCOc4ccc(Cl)c(C)c4)c(OC)c3)C(=O)N=C2S1. The number of hydrazone groups is 1. The first-order valence-electron chi connectivity index (χ1n) is 10.6. The fourth-order valence-corrected chi connectivity index (χ4v) is 4.19. The van der Waals surface area contributed by atoms with Crippen molar-refractivity contribution < 1.29 is 19.0 Å². The van der Waals surface area contributed by atoms with Crippen molar-refractivity contribution in [1.82, 2.24) is 5.01 Å². The maximum absolute atomic E-state index is 12.5. The Balaban J connectivity index is 1.43. The number of nitrogens with zero attached hydrogens (tertiary/aromatic N) is 3. The van der Waals surface area contributed by atoms with Crippen LogP contribution in [0.15, 0.2) is 52.1 Å². The number of aliphatic imine (C=N–C) groups is 1. The van der Waals surface area contributed by atoms with Crippen molar-refractivity contribution in [2.45, 2.75) is 20.3 Å². The summed E-state index contributed by atoms with van der Waals surface area (Å²) in [4.78, 5) is 16.6. The molecule has 4 rings (SSSR count). The molecule has 2 aliphatic heterocycles. The average molecular weight is 499 g/mol. The number of methoxy groups -OCH3 is 1. The highest BCUT2D eigenvalue weighted by molar-refractivity contribution is 8.26. The molecule has 0 saturated heterocycles. The quantitative estimate of drug-likeness (QED) is 0.399. The number of amides is 1. The summed E-state index contributed by atoms with van der Waals surface area (Å²) in [5, 5.41) is 16.1. The van der Waals surface area contributed by atoms with Gasteiger partial charge in [-0.15, -0.1) is 0 Å². The fraction of sp³-hybridized carbons (Fsp3) is 0.250. The number of carbonyl (C=O) groups excluding carboxylic acids is 1. The van der Waals surface area contributed by atoms with E-state index in [0.29, 0.717) is 46.9 Å². The summed E-state index contributed by atoms with van der Waals surface area (Å²) in [5.41, 5.74) is 1.78. The third-order valence-electron chi connectivity index (χ3n) is 5.04. The normalized spacial score (nSPS) is 16.4. The minimum Gasteiger partial charge on any atom is -0.493 e. The zero-order valence-corrected chi connectivity index (χ0v) is 20.5. The number of hydrogen-bond acceptors (Lipinski definition) is 7. The van der Waals surface area contributed by atoms with Crippen molar-refractivity contribution in [2.75, 3.05) is 20.3 Å². The monoisotopic (exact) mass is 498 g/mol. The van der Waals surface area contributed by atoms with Gasteiger partial charge in [0.1, 0.15) is 24.0 Å². The molecule has 1 amide bonds. The summed E-state index contributed by atoms with van der Waals surface area (Å²) >= 11 is 7.35. The van der Waals surface area contributed by atoms with E-state index >= 15 is 0 Å². The standard InChI is InChI=1S/C24H23ClN4O4S/c1-4-21-28-29-22(26)17(23(30)27-24(29)34-21)12-15-5-8-19(20(13-15)31-3)33-10-9-32-16-6-7-18(25)14(2)11-16/h5-8,11-13,26H,4,9-10H2,1-3H3/b17-12+,26-22?. The Labute approximate surface area is 206 Å². The van der Waals surface area contributed by atoms with Crippen molar-refractivity contribution in [3.63, 3.8) is 0 Å². The van der Waals surface area contributed by atoms with Gasteiger partial charge in [-0.25, -0.2) is 0 Å². The van der Waals surface area contributed by atoms with Gasteiger partial charge in [0.25, 0.3) is 5.91 Å². The van der Waals surface area contributed by atoms with Crippen molar-refractivity contribution in [2.24, 2.45) is 10.1 Å². The molecule has 0 unspecified atom stereocenters. The molecule has 0 radical (unpaired) electrons. The number of nitrogens with one attached hydrogen (secondary N) is 1. The van der Waals surface area contributed by atoms with Gasteiger partial charge in [-0.1, -0.05) is 24.6 Å². The number of benzene rings is 2. The van der Waals surface area contributed by atoms with Crippen molar-refractivity contribution >= 4 is 51.4 Å². The molecule has 0 spiro atoms. The molecule has 0 aliphatic carbocycles. The van der Waals surface area contributed by atoms with E-state index in [9.17, 15) is 4.79 Å². The Morgan fingerprint density at radius 2 is 1.94 bits per heavy atom. The Bertz CT molecular complexity index is 1240. The minimum atomic E-state index is -0.467. The van der Waals surface area contributed by atoms with E-state index in [1.54, 1.807) is 37.5 Å². The molecular weight excluding hydrogens is 476 g/mol. The largest absolute Gasteiger partial charge is 0.493 e. The third kappa shape index (κ3) is 5.10. The van der Waals surface area contributed by atoms with Crippen molar-refractivity contribution in [3.8, 4) is 17.2 Å². The molecule has 1 N–H and O–H groups in total. The lowest BCUT2D eigenvalue weighted by Crippen LogP contribution is -2.35. The summed E-state index contributed by atoms with van der Waals surface area (Å²) in [6.07, 6.45) is 2.32. The predicted molar refractivity (Wildman–Crippen MR) is 135 cm³/mol. The Morgan fingerprint density at radius 3 is 2.68 bits per heavy atom. The van der Waals surface area contributed by atoms with Gasteiger partial charge in [0.05, 0.1) is 12.7 Å². The number of aryl methyl sites for hydroxylation is 1. The van der Waals surface area contributed by atoms with Gasteiger partial charge >= 0.3 is 0 Å². The number of fused-ring (bicyclic) bond motifs is 1. The second kappa shape index (κ2) is 10.3. The van der Waals surface area contributed by atoms with E-state index in [2.05, 4.69) is 10.1 Å². The number of amidine groups is 2. The van der Waals surface area contributed by atoms with Crippen LogP contribution in [0, 0.1) is 12.3 Å². The van der Waals surface area contributed by atoms with Crippen molar-refractivity contribution in [3.05, 3.63) is 58.1 Å². The molecule has 34 heavy (non-hydrogen) atoms. The molecule has 176 valence electrons. The number of halogens is 1. The molecular formula is C24H23ClN4O4S. The maximum atomic E-state index is 12.5. The number of hydrogen-bond donors (Lipinski definition) is 1. The molecule has 0 atom stereocenters. The fourth-order valence-electron chi connectivity index (χ4n) is 3.25. The van der Waals surface area contributed by atoms with Crippen LogP contribution in [0.4, 0.5) is 0 Å². The van der Waals surface area contributed by atoms with E-state index in [1.807, 2.05) is 26.0 Å². The second-order valence-corrected chi connectivity index (χ2v) is 8.83. The Morgan fingerprint density at radius 1 is 1.15 bits per heavy atom. The van der Waals surface area contributed by atoms with Gasteiger partial charge in [-0.2, -0.15) is 15.1 Å². The zero-order chi connectivity index (χ0) is 24.2. The lowest BCUT2D eigenvalue weighted by Gasteiger charge is -2.20. The van der Waals surface area contributed by atoms with Crippen LogP contribution in [0.25, 0.3) is 6.08 Å². The molecule has 0 saturated carbocycles. The first kappa shape index (κ1) is 23.8. The summed E-state index contributed by atoms with van der Waals surface area (Å²) in [5.74, 6) is 1.29. The van der Waals surface area contributed by atoms with Crippen molar-refractivity contribution in [1.29, 1.82) is 5.41 Å². The number of rotatable bonds is 8. The van der Waals surface area contributed by atoms with Gasteiger partial charge in [-0.05, 0) is 72.6 Å². The first-order chi connectivity index (χ1) is 16.4. The Kier molecular flexibility index (Phi) is 7.23. The van der Waals surface area contributed by atoms with Crippen LogP contribution < -0.4 is 14.2 Å². The zero-order valence-electron chi connectivity index (χ0n) is 18.9. The molecule has 0 aromatic heterocycles. The summed E-state index contributed by atoms with van der Waals surface area (Å²) in [6.45, 7) is 4.54. The minimum absolute atomic E-state index is 0.000159. The molecule has 10 heteroatoms. The second-order valence-electron chi connectivity index (χ2n) is 7.39. The topological polar surface area (TPSA) is 96.6 Å². The van der Waals surface area contributed by atoms with Gasteiger partial charge in [0.2, 0.25) is 5.17 Å². The average Bonchev–Trinajstić information content (AvgIpc) is 3.25. The predicted octanol–water partition coefficient (Wildman–Crippen LogP) is 5.14. The summed E-state index contributed by atoms with van der Waals surface area (Å²) < 4.78 is 17.0. The van der Waals surface area contributed by atoms with Crippen LogP contribution in [-0.2, 0) is 4.79 Å².